The number of halogens is 1. The van der Waals surface area contributed by atoms with Gasteiger partial charge in [-0.3, -0.25) is 9.78 Å². The van der Waals surface area contributed by atoms with Gasteiger partial charge < -0.3 is 9.64 Å². The molecule has 0 saturated carbocycles. The number of pyridine rings is 1. The van der Waals surface area contributed by atoms with Crippen molar-refractivity contribution in [2.24, 2.45) is 0 Å². The van der Waals surface area contributed by atoms with Crippen LogP contribution in [-0.4, -0.2) is 36.0 Å². The van der Waals surface area contributed by atoms with Crippen LogP contribution in [0.3, 0.4) is 0 Å². The first-order chi connectivity index (χ1) is 10.1. The first kappa shape index (κ1) is 15.0. The second-order valence-electron chi connectivity index (χ2n) is 4.67. The van der Waals surface area contributed by atoms with Crippen LogP contribution in [0.4, 0.5) is 4.39 Å². The molecule has 0 spiro atoms. The number of likely N-dealkylation sites (N-methyl/N-ethyl adjacent to an activating group) is 1. The van der Waals surface area contributed by atoms with E-state index in [1.807, 2.05) is 12.1 Å². The average molecular weight is 288 g/mol. The largest absolute Gasteiger partial charge is 0.484 e. The first-order valence-electron chi connectivity index (χ1n) is 6.66. The summed E-state index contributed by atoms with van der Waals surface area (Å²) in [7, 11) is 1.72. The molecule has 1 heterocycles. The highest BCUT2D eigenvalue weighted by Gasteiger charge is 2.09. The minimum atomic E-state index is -0.383. The Morgan fingerprint density at radius 2 is 2.05 bits per heavy atom. The minimum absolute atomic E-state index is 0.101. The highest BCUT2D eigenvalue weighted by atomic mass is 19.1. The first-order valence-corrected chi connectivity index (χ1v) is 6.66. The predicted octanol–water partition coefficient (Wildman–Crippen LogP) is 2.30. The molecule has 0 aliphatic carbocycles. The summed E-state index contributed by atoms with van der Waals surface area (Å²) in [4.78, 5) is 17.5. The predicted molar refractivity (Wildman–Crippen MR) is 77.5 cm³/mol. The standard InChI is InChI=1S/C16H17FN2O2/c1-19(10-7-13-5-8-18-9-6-13)16(20)12-21-15-4-2-3-14(17)11-15/h2-6,8-9,11H,7,10,12H2,1H3. The molecule has 4 nitrogen and oxygen atoms in total. The van der Waals surface area contributed by atoms with E-state index in [0.29, 0.717) is 12.3 Å². The van der Waals surface area contributed by atoms with Crippen LogP contribution in [0.2, 0.25) is 0 Å². The summed E-state index contributed by atoms with van der Waals surface area (Å²) in [6, 6.07) is 9.58. The number of carbonyl (C=O) groups excluding carboxylic acids is 1. The zero-order valence-electron chi connectivity index (χ0n) is 11.8. The summed E-state index contributed by atoms with van der Waals surface area (Å²) in [5.41, 5.74) is 1.12. The number of rotatable bonds is 6. The maximum atomic E-state index is 13.0. The number of benzene rings is 1. The van der Waals surface area contributed by atoms with Crippen molar-refractivity contribution in [2.45, 2.75) is 6.42 Å². The monoisotopic (exact) mass is 288 g/mol. The number of carbonyl (C=O) groups is 1. The summed E-state index contributed by atoms with van der Waals surface area (Å²) < 4.78 is 18.3. The lowest BCUT2D eigenvalue weighted by molar-refractivity contribution is -0.132. The van der Waals surface area contributed by atoms with Gasteiger partial charge in [0, 0.05) is 32.1 Å². The van der Waals surface area contributed by atoms with Crippen LogP contribution in [-0.2, 0) is 11.2 Å². The fourth-order valence-electron chi connectivity index (χ4n) is 1.78. The maximum Gasteiger partial charge on any atom is 0.260 e. The van der Waals surface area contributed by atoms with Crippen molar-refractivity contribution >= 4 is 5.91 Å². The number of hydrogen-bond acceptors (Lipinski definition) is 3. The van der Waals surface area contributed by atoms with E-state index in [1.54, 1.807) is 36.5 Å². The van der Waals surface area contributed by atoms with Gasteiger partial charge in [-0.1, -0.05) is 6.07 Å². The molecule has 5 heteroatoms. The molecule has 1 aromatic carbocycles. The molecule has 21 heavy (non-hydrogen) atoms. The molecule has 1 aromatic heterocycles. The number of ether oxygens (including phenoxy) is 1. The van der Waals surface area contributed by atoms with Gasteiger partial charge in [0.15, 0.2) is 6.61 Å². The summed E-state index contributed by atoms with van der Waals surface area (Å²) >= 11 is 0. The van der Waals surface area contributed by atoms with E-state index in [2.05, 4.69) is 4.98 Å². The third-order valence-electron chi connectivity index (χ3n) is 3.07. The lowest BCUT2D eigenvalue weighted by atomic mass is 10.2. The SMILES string of the molecule is CN(CCc1ccncc1)C(=O)COc1cccc(F)c1. The second-order valence-corrected chi connectivity index (χ2v) is 4.67. The number of nitrogens with zero attached hydrogens (tertiary/aromatic N) is 2. The molecular weight excluding hydrogens is 271 g/mol. The van der Waals surface area contributed by atoms with E-state index in [9.17, 15) is 9.18 Å². The number of aromatic nitrogens is 1. The van der Waals surface area contributed by atoms with Crippen LogP contribution in [0.1, 0.15) is 5.56 Å². The topological polar surface area (TPSA) is 42.4 Å². The van der Waals surface area contributed by atoms with Crippen molar-refractivity contribution in [3.8, 4) is 5.75 Å². The number of amides is 1. The third kappa shape index (κ3) is 4.87. The van der Waals surface area contributed by atoms with E-state index in [1.165, 1.54) is 12.1 Å². The average Bonchev–Trinajstić information content (AvgIpc) is 2.51. The molecule has 2 aromatic rings. The maximum absolute atomic E-state index is 13.0. The summed E-state index contributed by atoms with van der Waals surface area (Å²) in [5, 5.41) is 0. The third-order valence-corrected chi connectivity index (χ3v) is 3.07. The fourth-order valence-corrected chi connectivity index (χ4v) is 1.78. The van der Waals surface area contributed by atoms with Gasteiger partial charge in [0.2, 0.25) is 0 Å². The Kier molecular flexibility index (Phi) is 5.26. The van der Waals surface area contributed by atoms with Crippen LogP contribution < -0.4 is 4.74 Å². The Hall–Kier alpha value is -2.43. The van der Waals surface area contributed by atoms with Crippen molar-refractivity contribution in [1.29, 1.82) is 0 Å². The van der Waals surface area contributed by atoms with Crippen LogP contribution >= 0.6 is 0 Å². The van der Waals surface area contributed by atoms with Gasteiger partial charge in [-0.2, -0.15) is 0 Å². The molecular formula is C16H17FN2O2. The highest BCUT2D eigenvalue weighted by Crippen LogP contribution is 2.11. The van der Waals surface area contributed by atoms with Gasteiger partial charge in [0.1, 0.15) is 11.6 Å². The zero-order valence-corrected chi connectivity index (χ0v) is 11.8. The zero-order chi connectivity index (χ0) is 15.1. The van der Waals surface area contributed by atoms with Crippen molar-refractivity contribution < 1.29 is 13.9 Å². The molecule has 0 radical (unpaired) electrons. The molecule has 0 bridgehead atoms. The molecule has 0 unspecified atom stereocenters. The molecule has 0 aliphatic rings. The molecule has 110 valence electrons. The smallest absolute Gasteiger partial charge is 0.260 e. The van der Waals surface area contributed by atoms with Crippen molar-refractivity contribution in [3.05, 3.63) is 60.2 Å². The van der Waals surface area contributed by atoms with Gasteiger partial charge in [0.05, 0.1) is 0 Å². The van der Waals surface area contributed by atoms with Gasteiger partial charge in [0.25, 0.3) is 5.91 Å². The van der Waals surface area contributed by atoms with E-state index in [-0.39, 0.29) is 18.3 Å². The van der Waals surface area contributed by atoms with Gasteiger partial charge in [-0.05, 0) is 36.2 Å². The Labute approximate surface area is 123 Å². The quantitative estimate of drug-likeness (QED) is 0.819. The van der Waals surface area contributed by atoms with Crippen LogP contribution in [0.15, 0.2) is 48.8 Å². The lowest BCUT2D eigenvalue weighted by Gasteiger charge is -2.17. The molecule has 2 rings (SSSR count). The second kappa shape index (κ2) is 7.38. The Bertz CT molecular complexity index is 590. The normalized spacial score (nSPS) is 10.2. The van der Waals surface area contributed by atoms with E-state index in [0.717, 1.165) is 12.0 Å². The van der Waals surface area contributed by atoms with Crippen molar-refractivity contribution in [2.75, 3.05) is 20.2 Å². The molecule has 0 saturated heterocycles. The van der Waals surface area contributed by atoms with E-state index < -0.39 is 0 Å². The van der Waals surface area contributed by atoms with Crippen LogP contribution in [0.5, 0.6) is 5.75 Å². The Morgan fingerprint density at radius 1 is 1.29 bits per heavy atom. The Morgan fingerprint density at radius 3 is 2.76 bits per heavy atom. The van der Waals surface area contributed by atoms with Gasteiger partial charge in [-0.15, -0.1) is 0 Å². The van der Waals surface area contributed by atoms with E-state index in [4.69, 9.17) is 4.74 Å². The molecule has 1 amide bonds. The van der Waals surface area contributed by atoms with E-state index >= 15 is 0 Å². The fraction of sp³-hybridized carbons (Fsp3) is 0.250. The summed E-state index contributed by atoms with van der Waals surface area (Å²) in [6.45, 7) is 0.492. The van der Waals surface area contributed by atoms with Crippen molar-refractivity contribution in [1.82, 2.24) is 9.88 Å². The lowest BCUT2D eigenvalue weighted by Crippen LogP contribution is -2.33. The molecule has 0 N–H and O–H groups in total. The summed E-state index contributed by atoms with van der Waals surface area (Å²) in [5.74, 6) is -0.176. The molecule has 0 fully saturated rings. The van der Waals surface area contributed by atoms with Gasteiger partial charge >= 0.3 is 0 Å². The van der Waals surface area contributed by atoms with Crippen LogP contribution in [0, 0.1) is 5.82 Å². The van der Waals surface area contributed by atoms with Crippen molar-refractivity contribution in [3.63, 3.8) is 0 Å². The Balaban J connectivity index is 1.77. The molecule has 0 aliphatic heterocycles. The summed E-state index contributed by atoms with van der Waals surface area (Å²) in [6.07, 6.45) is 4.21. The van der Waals surface area contributed by atoms with Crippen LogP contribution in [0.25, 0.3) is 0 Å². The number of hydrogen-bond donors (Lipinski definition) is 0. The highest BCUT2D eigenvalue weighted by molar-refractivity contribution is 5.77. The van der Waals surface area contributed by atoms with Gasteiger partial charge in [-0.25, -0.2) is 4.39 Å². The molecule has 0 atom stereocenters. The minimum Gasteiger partial charge on any atom is -0.484 e.